The summed E-state index contributed by atoms with van der Waals surface area (Å²) in [6, 6.07) is 12.2. The highest BCUT2D eigenvalue weighted by molar-refractivity contribution is 6.00. The molecule has 4 heteroatoms. The maximum Gasteiger partial charge on any atom is 0.257 e. The van der Waals surface area contributed by atoms with Crippen LogP contribution >= 0.6 is 0 Å². The van der Waals surface area contributed by atoms with Crippen molar-refractivity contribution in [1.29, 1.82) is 0 Å². The van der Waals surface area contributed by atoms with Crippen molar-refractivity contribution in [1.82, 2.24) is 9.88 Å². The van der Waals surface area contributed by atoms with Gasteiger partial charge in [-0.2, -0.15) is 0 Å². The lowest BCUT2D eigenvalue weighted by atomic mass is 10.1. The Morgan fingerprint density at radius 3 is 2.65 bits per heavy atom. The predicted molar refractivity (Wildman–Crippen MR) is 91.1 cm³/mol. The Kier molecular flexibility index (Phi) is 3.74. The monoisotopic (exact) mass is 307 g/mol. The van der Waals surface area contributed by atoms with E-state index in [1.54, 1.807) is 6.20 Å². The fourth-order valence-electron chi connectivity index (χ4n) is 3.60. The number of likely N-dealkylation sites (tertiary alicyclic amines) is 1. The van der Waals surface area contributed by atoms with Crippen LogP contribution in [0.15, 0.2) is 42.6 Å². The van der Waals surface area contributed by atoms with Gasteiger partial charge >= 0.3 is 0 Å². The van der Waals surface area contributed by atoms with Crippen LogP contribution in [0, 0.1) is 0 Å². The normalized spacial score (nSPS) is 17.2. The highest BCUT2D eigenvalue weighted by Gasteiger charge is 2.27. The van der Waals surface area contributed by atoms with Gasteiger partial charge in [-0.1, -0.05) is 18.2 Å². The Morgan fingerprint density at radius 2 is 1.78 bits per heavy atom. The zero-order chi connectivity index (χ0) is 15.6. The predicted octanol–water partition coefficient (Wildman–Crippen LogP) is 3.40. The summed E-state index contributed by atoms with van der Waals surface area (Å²) in [5.41, 5.74) is 3.24. The van der Waals surface area contributed by atoms with Crippen molar-refractivity contribution in [3.63, 3.8) is 0 Å². The first kappa shape index (κ1) is 14.2. The third-order valence-corrected chi connectivity index (χ3v) is 4.80. The highest BCUT2D eigenvalue weighted by Crippen LogP contribution is 2.35. The fraction of sp³-hybridized carbons (Fsp3) is 0.368. The third kappa shape index (κ3) is 2.58. The van der Waals surface area contributed by atoms with Crippen LogP contribution in [0.25, 0.3) is 0 Å². The quantitative estimate of drug-likeness (QED) is 0.853. The van der Waals surface area contributed by atoms with Crippen molar-refractivity contribution >= 4 is 17.4 Å². The van der Waals surface area contributed by atoms with Crippen LogP contribution in [-0.2, 0) is 6.42 Å². The molecule has 0 aliphatic carbocycles. The lowest BCUT2D eigenvalue weighted by Crippen LogP contribution is -2.36. The highest BCUT2D eigenvalue weighted by atomic mass is 16.2. The number of carbonyl (C=O) groups is 1. The molecule has 0 bridgehead atoms. The Hall–Kier alpha value is -2.36. The summed E-state index contributed by atoms with van der Waals surface area (Å²) in [5, 5.41) is 0. The molecule has 1 aromatic carbocycles. The zero-order valence-electron chi connectivity index (χ0n) is 13.2. The number of carbonyl (C=O) groups excluding carboxylic acids is 1. The maximum atomic E-state index is 12.9. The molecule has 2 aliphatic rings. The maximum absolute atomic E-state index is 12.9. The SMILES string of the molecule is O=C(c1cccnc1N1CCc2ccccc21)N1CCCCC1. The van der Waals surface area contributed by atoms with Crippen molar-refractivity contribution < 1.29 is 4.79 Å². The fourth-order valence-corrected chi connectivity index (χ4v) is 3.60. The zero-order valence-corrected chi connectivity index (χ0v) is 13.2. The largest absolute Gasteiger partial charge is 0.339 e. The summed E-state index contributed by atoms with van der Waals surface area (Å²) in [6.07, 6.45) is 6.22. The average molecular weight is 307 g/mol. The molecule has 2 aliphatic heterocycles. The molecule has 3 heterocycles. The number of benzene rings is 1. The molecule has 4 rings (SSSR count). The van der Waals surface area contributed by atoms with Gasteiger partial charge in [0, 0.05) is 31.5 Å². The molecule has 0 unspecified atom stereocenters. The van der Waals surface area contributed by atoms with Gasteiger partial charge in [0.25, 0.3) is 5.91 Å². The van der Waals surface area contributed by atoms with Crippen molar-refractivity contribution in [3.8, 4) is 0 Å². The lowest BCUT2D eigenvalue weighted by molar-refractivity contribution is 0.0724. The molecular weight excluding hydrogens is 286 g/mol. The molecule has 1 saturated heterocycles. The molecule has 1 amide bonds. The smallest absolute Gasteiger partial charge is 0.257 e. The molecule has 0 atom stereocenters. The van der Waals surface area contributed by atoms with Crippen LogP contribution in [0.4, 0.5) is 11.5 Å². The van der Waals surface area contributed by atoms with Gasteiger partial charge in [-0.3, -0.25) is 4.79 Å². The lowest BCUT2D eigenvalue weighted by Gasteiger charge is -2.28. The van der Waals surface area contributed by atoms with E-state index in [9.17, 15) is 4.79 Å². The number of hydrogen-bond acceptors (Lipinski definition) is 3. The summed E-state index contributed by atoms with van der Waals surface area (Å²) in [7, 11) is 0. The van der Waals surface area contributed by atoms with Crippen LogP contribution in [0.1, 0.15) is 35.2 Å². The molecule has 4 nitrogen and oxygen atoms in total. The van der Waals surface area contributed by atoms with Crippen LogP contribution in [0.5, 0.6) is 0 Å². The number of piperidine rings is 1. The summed E-state index contributed by atoms with van der Waals surface area (Å²) >= 11 is 0. The minimum atomic E-state index is 0.122. The van der Waals surface area contributed by atoms with Gasteiger partial charge < -0.3 is 9.80 Å². The number of amides is 1. The van der Waals surface area contributed by atoms with Crippen LogP contribution in [0.3, 0.4) is 0 Å². The number of hydrogen-bond donors (Lipinski definition) is 0. The Morgan fingerprint density at radius 1 is 0.957 bits per heavy atom. The second-order valence-electron chi connectivity index (χ2n) is 6.26. The van der Waals surface area contributed by atoms with E-state index in [1.807, 2.05) is 23.1 Å². The van der Waals surface area contributed by atoms with Crippen molar-refractivity contribution in [3.05, 3.63) is 53.7 Å². The molecular formula is C19H21N3O. The van der Waals surface area contributed by atoms with Crippen molar-refractivity contribution in [2.24, 2.45) is 0 Å². The molecule has 23 heavy (non-hydrogen) atoms. The van der Waals surface area contributed by atoms with Gasteiger partial charge in [0.15, 0.2) is 0 Å². The van der Waals surface area contributed by atoms with Crippen LogP contribution < -0.4 is 4.90 Å². The number of rotatable bonds is 2. The van der Waals surface area contributed by atoms with E-state index in [4.69, 9.17) is 0 Å². The first-order valence-corrected chi connectivity index (χ1v) is 8.44. The first-order valence-electron chi connectivity index (χ1n) is 8.44. The second-order valence-corrected chi connectivity index (χ2v) is 6.26. The van der Waals surface area contributed by atoms with E-state index in [0.717, 1.165) is 50.3 Å². The Bertz CT molecular complexity index is 722. The standard InChI is InChI=1S/C19H21N3O/c23-19(21-12-4-1-5-13-21)16-8-6-11-20-18(16)22-14-10-15-7-2-3-9-17(15)22/h2-3,6-9,11H,1,4-5,10,12-14H2. The number of para-hydroxylation sites is 1. The van der Waals surface area contributed by atoms with Gasteiger partial charge in [0.1, 0.15) is 5.82 Å². The van der Waals surface area contributed by atoms with Gasteiger partial charge in [-0.15, -0.1) is 0 Å². The summed E-state index contributed by atoms with van der Waals surface area (Å²) in [4.78, 5) is 21.7. The molecule has 1 aromatic heterocycles. The first-order chi connectivity index (χ1) is 11.3. The van der Waals surface area contributed by atoms with E-state index in [2.05, 4.69) is 28.1 Å². The van der Waals surface area contributed by atoms with Gasteiger partial charge in [0.2, 0.25) is 0 Å². The molecule has 0 spiro atoms. The number of fused-ring (bicyclic) bond motifs is 1. The van der Waals surface area contributed by atoms with E-state index in [-0.39, 0.29) is 5.91 Å². The van der Waals surface area contributed by atoms with Crippen LogP contribution in [-0.4, -0.2) is 35.4 Å². The second kappa shape index (κ2) is 6.03. The minimum absolute atomic E-state index is 0.122. The van der Waals surface area contributed by atoms with E-state index >= 15 is 0 Å². The number of nitrogens with zero attached hydrogens (tertiary/aromatic N) is 3. The van der Waals surface area contributed by atoms with Crippen LogP contribution in [0.2, 0.25) is 0 Å². The summed E-state index contributed by atoms with van der Waals surface area (Å²) < 4.78 is 0. The minimum Gasteiger partial charge on any atom is -0.339 e. The molecule has 0 saturated carbocycles. The number of pyridine rings is 1. The van der Waals surface area contributed by atoms with Gasteiger partial charge in [-0.25, -0.2) is 4.98 Å². The summed E-state index contributed by atoms with van der Waals surface area (Å²) in [6.45, 7) is 2.62. The molecule has 118 valence electrons. The van der Waals surface area contributed by atoms with E-state index in [0.29, 0.717) is 0 Å². The average Bonchev–Trinajstić information content (AvgIpc) is 3.06. The van der Waals surface area contributed by atoms with Crippen molar-refractivity contribution in [2.45, 2.75) is 25.7 Å². The number of anilines is 2. The Balaban J connectivity index is 1.69. The van der Waals surface area contributed by atoms with E-state index in [1.165, 1.54) is 17.7 Å². The number of aromatic nitrogens is 1. The Labute approximate surface area is 136 Å². The topological polar surface area (TPSA) is 36.4 Å². The molecule has 2 aromatic rings. The molecule has 1 fully saturated rings. The summed E-state index contributed by atoms with van der Waals surface area (Å²) in [5.74, 6) is 0.921. The van der Waals surface area contributed by atoms with Gasteiger partial charge in [-0.05, 0) is 49.4 Å². The third-order valence-electron chi connectivity index (χ3n) is 4.80. The molecule has 0 radical (unpaired) electrons. The van der Waals surface area contributed by atoms with Gasteiger partial charge in [0.05, 0.1) is 5.56 Å². The molecule has 0 N–H and O–H groups in total. The van der Waals surface area contributed by atoms with Crippen molar-refractivity contribution in [2.75, 3.05) is 24.5 Å². The van der Waals surface area contributed by atoms with E-state index < -0.39 is 0 Å².